The summed E-state index contributed by atoms with van der Waals surface area (Å²) < 4.78 is 33.1. The number of alkyl halides is 2. The lowest BCUT2D eigenvalue weighted by atomic mass is 9.78. The predicted molar refractivity (Wildman–Crippen MR) is 143 cm³/mol. The van der Waals surface area contributed by atoms with Crippen LogP contribution in [0.2, 0.25) is 0 Å². The quantitative estimate of drug-likeness (QED) is 0.361. The first-order valence-corrected chi connectivity index (χ1v) is 14.3. The number of aliphatic hydroxyl groups excluding tert-OH is 1. The second-order valence-electron chi connectivity index (χ2n) is 11.1. The van der Waals surface area contributed by atoms with Crippen molar-refractivity contribution in [3.8, 4) is 5.19 Å². The van der Waals surface area contributed by atoms with Gasteiger partial charge >= 0.3 is 0 Å². The van der Waals surface area contributed by atoms with Crippen LogP contribution < -0.4 is 4.74 Å². The number of hydrogen-bond acceptors (Lipinski definition) is 7. The highest BCUT2D eigenvalue weighted by molar-refractivity contribution is 7.13. The smallest absolute Gasteiger partial charge is 0.278 e. The summed E-state index contributed by atoms with van der Waals surface area (Å²) in [6.07, 6.45) is 7.98. The summed E-state index contributed by atoms with van der Waals surface area (Å²) >= 11 is 1.26. The average Bonchev–Trinajstić information content (AvgIpc) is 3.43. The van der Waals surface area contributed by atoms with Gasteiger partial charge in [0.25, 0.3) is 11.1 Å². The molecule has 1 N–H and O–H groups in total. The number of fused-ring (bicyclic) bond motifs is 2. The van der Waals surface area contributed by atoms with Gasteiger partial charge in [-0.2, -0.15) is 5.10 Å². The first kappa shape index (κ1) is 27.1. The second-order valence-corrected chi connectivity index (χ2v) is 12.1. The van der Waals surface area contributed by atoms with Crippen molar-refractivity contribution < 1.29 is 23.4 Å². The maximum Gasteiger partial charge on any atom is 0.278 e. The molecule has 1 unspecified atom stereocenters. The van der Waals surface area contributed by atoms with Crippen molar-refractivity contribution >= 4 is 28.0 Å². The molecule has 206 valence electrons. The van der Waals surface area contributed by atoms with Gasteiger partial charge in [0.15, 0.2) is 12.4 Å². The lowest BCUT2D eigenvalue weighted by Gasteiger charge is -2.30. The molecule has 0 spiro atoms. The van der Waals surface area contributed by atoms with Crippen LogP contribution in [0.4, 0.5) is 8.78 Å². The number of hydrogen-bond donors (Lipinski definition) is 1. The standard InChI is InChI=1S/C28H36F2N4O3S/c1-28(29,30)17-37-27-31-26-24(36)16-34(13-11-25(26)38-27)12-10-18-6-8-19(9-7-18)14-23(35)20-4-3-5-22-21(20)15-33(2)32-22/h3-5,15,18-19,24,36H,6-14,16-17H2,1-2H3. The Morgan fingerprint density at radius 1 is 1.24 bits per heavy atom. The summed E-state index contributed by atoms with van der Waals surface area (Å²) in [5.74, 6) is -1.64. The minimum Gasteiger partial charge on any atom is -0.464 e. The third kappa shape index (κ3) is 6.58. The average molecular weight is 547 g/mol. The normalized spacial score (nSPS) is 22.8. The number of aromatic nitrogens is 3. The van der Waals surface area contributed by atoms with E-state index in [2.05, 4.69) is 15.0 Å². The van der Waals surface area contributed by atoms with Crippen molar-refractivity contribution in [3.63, 3.8) is 0 Å². The van der Waals surface area contributed by atoms with Crippen molar-refractivity contribution in [2.24, 2.45) is 18.9 Å². The summed E-state index contributed by atoms with van der Waals surface area (Å²) in [4.78, 5) is 20.6. The van der Waals surface area contributed by atoms with E-state index in [0.717, 1.165) is 79.9 Å². The Hall–Kier alpha value is -2.43. The van der Waals surface area contributed by atoms with E-state index in [9.17, 15) is 18.7 Å². The first-order valence-electron chi connectivity index (χ1n) is 13.5. The van der Waals surface area contributed by atoms with Crippen LogP contribution in [0.25, 0.3) is 10.9 Å². The minimum atomic E-state index is -2.92. The lowest BCUT2D eigenvalue weighted by Crippen LogP contribution is -2.31. The molecule has 0 saturated heterocycles. The molecule has 1 saturated carbocycles. The van der Waals surface area contributed by atoms with Crippen molar-refractivity contribution in [1.29, 1.82) is 0 Å². The molecule has 2 aliphatic rings. The lowest BCUT2D eigenvalue weighted by molar-refractivity contribution is -0.0231. The number of aliphatic hydroxyl groups is 1. The molecule has 3 heterocycles. The number of ether oxygens (including phenoxy) is 1. The van der Waals surface area contributed by atoms with Gasteiger partial charge in [0.2, 0.25) is 0 Å². The molecule has 1 fully saturated rings. The molecular formula is C28H36F2N4O3S. The van der Waals surface area contributed by atoms with Gasteiger partial charge in [0, 0.05) is 55.5 Å². The molecule has 0 amide bonds. The molecule has 3 aromatic rings. The molecular weight excluding hydrogens is 510 g/mol. The van der Waals surface area contributed by atoms with Crippen molar-refractivity contribution in [2.75, 3.05) is 26.2 Å². The third-order valence-electron chi connectivity index (χ3n) is 7.82. The predicted octanol–water partition coefficient (Wildman–Crippen LogP) is 5.42. The first-order chi connectivity index (χ1) is 18.1. The summed E-state index contributed by atoms with van der Waals surface area (Å²) in [6, 6.07) is 5.77. The Kier molecular flexibility index (Phi) is 8.11. The number of benzene rings is 1. The number of β-amino-alcohol motifs (C(OH)–C–C–N with tert-alkyl or cyclic N) is 1. The molecule has 1 atom stereocenters. The van der Waals surface area contributed by atoms with Crippen LogP contribution in [0.5, 0.6) is 5.19 Å². The zero-order chi connectivity index (χ0) is 26.9. The Bertz CT molecular complexity index is 1260. The van der Waals surface area contributed by atoms with Gasteiger partial charge in [0.05, 0.1) is 11.2 Å². The van der Waals surface area contributed by atoms with Crippen LogP contribution >= 0.6 is 11.3 Å². The largest absolute Gasteiger partial charge is 0.464 e. The number of Topliss-reactive ketones (excluding diaryl/α,β-unsaturated/α-hetero) is 1. The van der Waals surface area contributed by atoms with E-state index >= 15 is 0 Å². The molecule has 1 aliphatic heterocycles. The number of halogens is 2. The van der Waals surface area contributed by atoms with Gasteiger partial charge in [0.1, 0.15) is 6.10 Å². The molecule has 1 aliphatic carbocycles. The number of thiazole rings is 1. The fourth-order valence-corrected chi connectivity index (χ4v) is 6.73. The number of rotatable bonds is 9. The molecule has 7 nitrogen and oxygen atoms in total. The van der Waals surface area contributed by atoms with Crippen LogP contribution in [-0.2, 0) is 13.5 Å². The monoisotopic (exact) mass is 546 g/mol. The Morgan fingerprint density at radius 3 is 2.76 bits per heavy atom. The minimum absolute atomic E-state index is 0.205. The zero-order valence-corrected chi connectivity index (χ0v) is 22.9. The van der Waals surface area contributed by atoms with Gasteiger partial charge in [-0.15, -0.1) is 0 Å². The van der Waals surface area contributed by atoms with Gasteiger partial charge in [-0.1, -0.05) is 36.3 Å². The fraction of sp³-hybridized carbons (Fsp3) is 0.607. The SMILES string of the molecule is Cn1cc2c(C(=O)CC3CCC(CCN4CCc5sc(OCC(C)(F)F)nc5C(O)C4)CC3)cccc2n1. The summed E-state index contributed by atoms with van der Waals surface area (Å²) in [7, 11) is 1.88. The van der Waals surface area contributed by atoms with Crippen LogP contribution in [0, 0.1) is 11.8 Å². The summed E-state index contributed by atoms with van der Waals surface area (Å²) in [6.45, 7) is 2.31. The van der Waals surface area contributed by atoms with Crippen LogP contribution in [0.3, 0.4) is 0 Å². The molecule has 10 heteroatoms. The van der Waals surface area contributed by atoms with Crippen molar-refractivity contribution in [2.45, 2.75) is 63.9 Å². The van der Waals surface area contributed by atoms with Gasteiger partial charge in [-0.05, 0) is 50.1 Å². The summed E-state index contributed by atoms with van der Waals surface area (Å²) in [5.41, 5.74) is 2.21. The van der Waals surface area contributed by atoms with Crippen molar-refractivity contribution in [1.82, 2.24) is 19.7 Å². The molecule has 38 heavy (non-hydrogen) atoms. The highest BCUT2D eigenvalue weighted by atomic mass is 32.1. The molecule has 0 bridgehead atoms. The van der Waals surface area contributed by atoms with Gasteiger partial charge in [-0.25, -0.2) is 13.8 Å². The van der Waals surface area contributed by atoms with Crippen molar-refractivity contribution in [3.05, 3.63) is 40.5 Å². The number of aryl methyl sites for hydroxylation is 1. The molecule has 1 aromatic carbocycles. The van der Waals surface area contributed by atoms with E-state index in [4.69, 9.17) is 4.74 Å². The number of nitrogens with zero attached hydrogens (tertiary/aromatic N) is 4. The fourth-order valence-electron chi connectivity index (χ4n) is 5.78. The van der Waals surface area contributed by atoms with Crippen LogP contribution in [-0.4, -0.2) is 62.7 Å². The van der Waals surface area contributed by atoms with E-state index in [1.165, 1.54) is 11.3 Å². The van der Waals surface area contributed by atoms with Gasteiger partial charge in [-0.3, -0.25) is 14.4 Å². The molecule has 5 rings (SSSR count). The molecule has 2 aromatic heterocycles. The summed E-state index contributed by atoms with van der Waals surface area (Å²) in [5, 5.41) is 16.3. The van der Waals surface area contributed by atoms with Crippen LogP contribution in [0.15, 0.2) is 24.4 Å². The third-order valence-corrected chi connectivity index (χ3v) is 8.86. The highest BCUT2D eigenvalue weighted by Crippen LogP contribution is 2.36. The molecule has 0 radical (unpaired) electrons. The number of ketones is 1. The van der Waals surface area contributed by atoms with E-state index < -0.39 is 18.6 Å². The number of carbonyl (C=O) groups is 1. The maximum absolute atomic E-state index is 13.1. The Balaban J connectivity index is 1.06. The maximum atomic E-state index is 13.1. The van der Waals surface area contributed by atoms with Gasteiger partial charge < -0.3 is 9.84 Å². The topological polar surface area (TPSA) is 80.5 Å². The highest BCUT2D eigenvalue weighted by Gasteiger charge is 2.29. The second kappa shape index (κ2) is 11.4. The van der Waals surface area contributed by atoms with E-state index in [-0.39, 0.29) is 11.0 Å². The number of carbonyl (C=O) groups excluding carboxylic acids is 1. The van der Waals surface area contributed by atoms with Crippen LogP contribution in [0.1, 0.15) is 72.5 Å². The van der Waals surface area contributed by atoms with E-state index in [0.29, 0.717) is 30.5 Å². The Labute approximate surface area is 225 Å². The van der Waals surface area contributed by atoms with E-state index in [1.54, 1.807) is 4.68 Å². The Morgan fingerprint density at radius 2 is 2.00 bits per heavy atom. The van der Waals surface area contributed by atoms with E-state index in [1.807, 2.05) is 31.4 Å². The zero-order valence-electron chi connectivity index (χ0n) is 22.0.